The van der Waals surface area contributed by atoms with Crippen LogP contribution in [0.25, 0.3) is 0 Å². The highest BCUT2D eigenvalue weighted by molar-refractivity contribution is 5.77. The molecule has 0 aromatic heterocycles. The smallest absolute Gasteiger partial charge is 0.248 e. The Morgan fingerprint density at radius 1 is 1.06 bits per heavy atom. The number of hydrogen-bond donors (Lipinski definition) is 0. The third-order valence-electron chi connectivity index (χ3n) is 2.94. The maximum atomic E-state index is 11.8. The minimum absolute atomic E-state index is 0.122. The highest BCUT2D eigenvalue weighted by atomic mass is 16.5. The van der Waals surface area contributed by atoms with Gasteiger partial charge in [-0.2, -0.15) is 0 Å². The third-order valence-corrected chi connectivity index (χ3v) is 2.94. The quantitative estimate of drug-likeness (QED) is 0.773. The van der Waals surface area contributed by atoms with E-state index in [2.05, 4.69) is 18.7 Å². The van der Waals surface area contributed by atoms with E-state index in [1.165, 1.54) is 0 Å². The molecule has 0 radical (unpaired) electrons. The first-order chi connectivity index (χ1) is 8.50. The summed E-state index contributed by atoms with van der Waals surface area (Å²) >= 11 is 0. The van der Waals surface area contributed by atoms with E-state index in [-0.39, 0.29) is 18.6 Å². The normalized spacial score (nSPS) is 16.8. The maximum Gasteiger partial charge on any atom is 0.248 e. The molecule has 0 atom stereocenters. The molecule has 0 saturated carbocycles. The molecule has 0 aromatic carbocycles. The Morgan fingerprint density at radius 2 is 1.56 bits per heavy atom. The summed E-state index contributed by atoms with van der Waals surface area (Å²) in [5.41, 5.74) is 0. The molecule has 4 heteroatoms. The van der Waals surface area contributed by atoms with Crippen LogP contribution in [-0.4, -0.2) is 60.6 Å². The monoisotopic (exact) mass is 258 g/mol. The first-order valence-electron chi connectivity index (χ1n) is 7.14. The highest BCUT2D eigenvalue weighted by Gasteiger charge is 2.22. The Morgan fingerprint density at radius 3 is 1.94 bits per heavy atom. The van der Waals surface area contributed by atoms with Crippen molar-refractivity contribution >= 4 is 5.91 Å². The molecule has 0 aromatic rings. The summed E-state index contributed by atoms with van der Waals surface area (Å²) in [7, 11) is 0. The van der Waals surface area contributed by atoms with Crippen molar-refractivity contribution in [2.75, 3.05) is 32.8 Å². The summed E-state index contributed by atoms with van der Waals surface area (Å²) in [6, 6.07) is 0.573. The van der Waals surface area contributed by atoms with Gasteiger partial charge >= 0.3 is 0 Å². The molecule has 108 valence electrons. The van der Waals surface area contributed by atoms with E-state index in [0.29, 0.717) is 6.04 Å². The molecule has 0 unspecified atom stereocenters. The standard InChI is InChI=1S/C12H24N2O2.C2H6/c1-10(2)13-5-7-14(8-6-13)12(15)9-16-11(3)4;1-2/h10-11H,5-9H2,1-4H3;1-2H3. The largest absolute Gasteiger partial charge is 0.369 e. The molecule has 0 bridgehead atoms. The molecular formula is C14H30N2O2. The lowest BCUT2D eigenvalue weighted by Gasteiger charge is -2.36. The van der Waals surface area contributed by atoms with E-state index in [1.807, 2.05) is 32.6 Å². The number of carbonyl (C=O) groups is 1. The second-order valence-corrected chi connectivity index (χ2v) is 4.87. The van der Waals surface area contributed by atoms with Gasteiger partial charge in [0.2, 0.25) is 5.91 Å². The van der Waals surface area contributed by atoms with Crippen molar-refractivity contribution in [3.05, 3.63) is 0 Å². The molecule has 1 heterocycles. The molecule has 1 aliphatic heterocycles. The van der Waals surface area contributed by atoms with Gasteiger partial charge in [-0.1, -0.05) is 13.8 Å². The zero-order valence-corrected chi connectivity index (χ0v) is 12.9. The Bertz CT molecular complexity index is 222. The molecule has 1 amide bonds. The van der Waals surface area contributed by atoms with Crippen molar-refractivity contribution in [1.29, 1.82) is 0 Å². The first-order valence-corrected chi connectivity index (χ1v) is 7.14. The topological polar surface area (TPSA) is 32.8 Å². The Labute approximate surface area is 112 Å². The molecular weight excluding hydrogens is 228 g/mol. The molecule has 1 aliphatic rings. The van der Waals surface area contributed by atoms with Crippen molar-refractivity contribution in [2.45, 2.75) is 53.7 Å². The van der Waals surface area contributed by atoms with Crippen molar-refractivity contribution < 1.29 is 9.53 Å². The lowest BCUT2D eigenvalue weighted by molar-refractivity contribution is -0.139. The summed E-state index contributed by atoms with van der Waals surface area (Å²) in [6.07, 6.45) is 0.126. The summed E-state index contributed by atoms with van der Waals surface area (Å²) in [4.78, 5) is 16.1. The van der Waals surface area contributed by atoms with Gasteiger partial charge in [0.05, 0.1) is 6.10 Å². The highest BCUT2D eigenvalue weighted by Crippen LogP contribution is 2.06. The van der Waals surface area contributed by atoms with Crippen LogP contribution >= 0.6 is 0 Å². The fourth-order valence-electron chi connectivity index (χ4n) is 1.82. The predicted molar refractivity (Wildman–Crippen MR) is 75.7 cm³/mol. The third kappa shape index (κ3) is 6.36. The average molecular weight is 258 g/mol. The zero-order valence-electron chi connectivity index (χ0n) is 12.9. The number of carbonyl (C=O) groups excluding carboxylic acids is 1. The van der Waals surface area contributed by atoms with E-state index >= 15 is 0 Å². The van der Waals surface area contributed by atoms with Gasteiger partial charge in [-0.3, -0.25) is 9.69 Å². The minimum Gasteiger partial charge on any atom is -0.369 e. The van der Waals surface area contributed by atoms with Crippen LogP contribution in [0.3, 0.4) is 0 Å². The van der Waals surface area contributed by atoms with Gasteiger partial charge in [-0.15, -0.1) is 0 Å². The van der Waals surface area contributed by atoms with Crippen LogP contribution < -0.4 is 0 Å². The van der Waals surface area contributed by atoms with Crippen molar-refractivity contribution in [3.8, 4) is 0 Å². The fraction of sp³-hybridized carbons (Fsp3) is 0.929. The summed E-state index contributed by atoms with van der Waals surface area (Å²) in [6.45, 7) is 16.1. The van der Waals surface area contributed by atoms with E-state index in [1.54, 1.807) is 0 Å². The van der Waals surface area contributed by atoms with Crippen LogP contribution in [0, 0.1) is 0 Å². The Hall–Kier alpha value is -0.610. The summed E-state index contributed by atoms with van der Waals surface area (Å²) in [5, 5.41) is 0. The minimum atomic E-state index is 0.122. The van der Waals surface area contributed by atoms with Crippen LogP contribution in [0.15, 0.2) is 0 Å². The SMILES string of the molecule is CC.CC(C)OCC(=O)N1CCN(C(C)C)CC1. The molecule has 1 rings (SSSR count). The van der Waals surface area contributed by atoms with E-state index in [4.69, 9.17) is 4.74 Å². The maximum absolute atomic E-state index is 11.8. The van der Waals surface area contributed by atoms with Gasteiger partial charge in [0, 0.05) is 32.2 Å². The average Bonchev–Trinajstić information content (AvgIpc) is 2.38. The number of rotatable bonds is 4. The van der Waals surface area contributed by atoms with E-state index in [9.17, 15) is 4.79 Å². The van der Waals surface area contributed by atoms with Gasteiger partial charge in [0.25, 0.3) is 0 Å². The van der Waals surface area contributed by atoms with Gasteiger partial charge in [0.1, 0.15) is 6.61 Å². The number of piperazine rings is 1. The van der Waals surface area contributed by atoms with Gasteiger partial charge in [-0.05, 0) is 27.7 Å². The Balaban J connectivity index is 0.00000137. The zero-order chi connectivity index (χ0) is 14.1. The number of nitrogens with zero attached hydrogens (tertiary/aromatic N) is 2. The van der Waals surface area contributed by atoms with Gasteiger partial charge in [-0.25, -0.2) is 0 Å². The second kappa shape index (κ2) is 9.34. The molecule has 0 spiro atoms. The number of ether oxygens (including phenoxy) is 1. The van der Waals surface area contributed by atoms with Crippen LogP contribution in [0.2, 0.25) is 0 Å². The van der Waals surface area contributed by atoms with Gasteiger partial charge < -0.3 is 9.64 Å². The van der Waals surface area contributed by atoms with Crippen molar-refractivity contribution in [2.24, 2.45) is 0 Å². The predicted octanol–water partition coefficient (Wildman–Crippen LogP) is 1.99. The molecule has 1 saturated heterocycles. The van der Waals surface area contributed by atoms with Crippen LogP contribution in [0.1, 0.15) is 41.5 Å². The van der Waals surface area contributed by atoms with E-state index in [0.717, 1.165) is 26.2 Å². The van der Waals surface area contributed by atoms with E-state index < -0.39 is 0 Å². The lowest BCUT2D eigenvalue weighted by atomic mass is 10.2. The second-order valence-electron chi connectivity index (χ2n) is 4.87. The molecule has 1 fully saturated rings. The fourth-order valence-corrected chi connectivity index (χ4v) is 1.82. The molecule has 0 aliphatic carbocycles. The van der Waals surface area contributed by atoms with Crippen LogP contribution in [0.5, 0.6) is 0 Å². The lowest BCUT2D eigenvalue weighted by Crippen LogP contribution is -2.51. The van der Waals surface area contributed by atoms with Gasteiger partial charge in [0.15, 0.2) is 0 Å². The van der Waals surface area contributed by atoms with Crippen molar-refractivity contribution in [3.63, 3.8) is 0 Å². The summed E-state index contributed by atoms with van der Waals surface area (Å²) < 4.78 is 5.33. The molecule has 4 nitrogen and oxygen atoms in total. The van der Waals surface area contributed by atoms with Crippen LogP contribution in [0.4, 0.5) is 0 Å². The number of hydrogen-bond acceptors (Lipinski definition) is 3. The first kappa shape index (κ1) is 17.4. The number of amides is 1. The molecule has 0 N–H and O–H groups in total. The summed E-state index contributed by atoms with van der Waals surface area (Å²) in [5.74, 6) is 0.122. The molecule has 18 heavy (non-hydrogen) atoms. The van der Waals surface area contributed by atoms with Crippen LogP contribution in [-0.2, 0) is 9.53 Å². The van der Waals surface area contributed by atoms with Crippen molar-refractivity contribution in [1.82, 2.24) is 9.80 Å². The Kier molecular flexibility index (Phi) is 9.02.